The van der Waals surface area contributed by atoms with Gasteiger partial charge in [-0.3, -0.25) is 0 Å². The molecule has 0 saturated heterocycles. The molecule has 0 aromatic heterocycles. The maximum Gasteiger partial charge on any atom is 0.407 e. The summed E-state index contributed by atoms with van der Waals surface area (Å²) in [5.74, 6) is 0. The van der Waals surface area contributed by atoms with E-state index in [2.05, 4.69) is 18.5 Å². The Labute approximate surface area is 130 Å². The van der Waals surface area contributed by atoms with Gasteiger partial charge in [0.25, 0.3) is 0 Å². The lowest BCUT2D eigenvalue weighted by Crippen LogP contribution is -2.39. The Morgan fingerprint density at radius 2 is 1.52 bits per heavy atom. The fourth-order valence-electron chi connectivity index (χ4n) is 2.12. The van der Waals surface area contributed by atoms with Gasteiger partial charge in [0.05, 0.1) is 0 Å². The van der Waals surface area contributed by atoms with Crippen molar-refractivity contribution in [1.82, 2.24) is 5.32 Å². The maximum absolute atomic E-state index is 11.9. The molecule has 0 rings (SSSR count). The molecular weight excluding hydrogens is 262 g/mol. The molecule has 1 N–H and O–H groups in total. The molecule has 0 aliphatic heterocycles. The Morgan fingerprint density at radius 1 is 1.05 bits per heavy atom. The second-order valence-electron chi connectivity index (χ2n) is 6.49. The summed E-state index contributed by atoms with van der Waals surface area (Å²) >= 11 is 0. The minimum Gasteiger partial charge on any atom is -0.444 e. The number of ether oxygens (including phenoxy) is 1. The van der Waals surface area contributed by atoms with E-state index in [1.807, 2.05) is 32.9 Å². The van der Waals surface area contributed by atoms with Crippen molar-refractivity contribution in [2.75, 3.05) is 0 Å². The molecule has 122 valence electrons. The zero-order valence-electron chi connectivity index (χ0n) is 14.1. The van der Waals surface area contributed by atoms with E-state index in [9.17, 15) is 4.79 Å². The highest BCUT2D eigenvalue weighted by molar-refractivity contribution is 5.68. The highest BCUT2D eigenvalue weighted by atomic mass is 16.6. The molecule has 3 nitrogen and oxygen atoms in total. The molecule has 1 amide bonds. The third-order valence-electron chi connectivity index (χ3n) is 3.14. The number of nitrogens with one attached hydrogen (secondary N) is 1. The minimum absolute atomic E-state index is 0.203. The molecular formula is C18H33NO2. The predicted molar refractivity (Wildman–Crippen MR) is 90.5 cm³/mol. The Kier molecular flexibility index (Phi) is 10.7. The molecule has 0 saturated carbocycles. The van der Waals surface area contributed by atoms with Crippen LogP contribution in [-0.4, -0.2) is 17.7 Å². The van der Waals surface area contributed by atoms with E-state index < -0.39 is 5.60 Å². The Hall–Kier alpha value is -1.25. The fraction of sp³-hybridized carbons (Fsp3) is 0.722. The second kappa shape index (κ2) is 11.4. The van der Waals surface area contributed by atoms with Crippen molar-refractivity contribution in [2.24, 2.45) is 0 Å². The van der Waals surface area contributed by atoms with Crippen LogP contribution in [0.25, 0.3) is 0 Å². The number of alkyl carbamates (subject to hydrolysis) is 1. The van der Waals surface area contributed by atoms with Crippen LogP contribution in [0.3, 0.4) is 0 Å². The fourth-order valence-corrected chi connectivity index (χ4v) is 2.12. The zero-order chi connectivity index (χ0) is 16.1. The van der Waals surface area contributed by atoms with Gasteiger partial charge in [-0.2, -0.15) is 0 Å². The zero-order valence-corrected chi connectivity index (χ0v) is 14.1. The van der Waals surface area contributed by atoms with E-state index in [1.54, 1.807) is 0 Å². The van der Waals surface area contributed by atoms with Gasteiger partial charge < -0.3 is 10.1 Å². The topological polar surface area (TPSA) is 38.3 Å². The molecule has 3 heteroatoms. The summed E-state index contributed by atoms with van der Waals surface area (Å²) in [5, 5.41) is 3.01. The first kappa shape index (κ1) is 19.8. The van der Waals surface area contributed by atoms with E-state index in [4.69, 9.17) is 4.74 Å². The molecule has 0 atom stereocenters. The van der Waals surface area contributed by atoms with E-state index in [-0.39, 0.29) is 12.1 Å². The molecule has 0 unspecified atom stereocenters. The number of hydrogen-bond acceptors (Lipinski definition) is 2. The molecule has 0 fully saturated rings. The summed E-state index contributed by atoms with van der Waals surface area (Å²) < 4.78 is 5.34. The highest BCUT2D eigenvalue weighted by Gasteiger charge is 2.19. The van der Waals surface area contributed by atoms with Crippen molar-refractivity contribution in [3.8, 4) is 0 Å². The molecule has 0 aromatic carbocycles. The largest absolute Gasteiger partial charge is 0.444 e. The van der Waals surface area contributed by atoms with E-state index in [0.717, 1.165) is 51.4 Å². The number of rotatable bonds is 11. The average Bonchev–Trinajstić information content (AvgIpc) is 2.37. The number of carbonyl (C=O) groups excluding carboxylic acids is 1. The molecule has 21 heavy (non-hydrogen) atoms. The SMILES string of the molecule is C=CCCCCC(CCCCC=C)NC(=O)OC(C)(C)C. The first-order valence-corrected chi connectivity index (χ1v) is 8.10. The van der Waals surface area contributed by atoms with Gasteiger partial charge >= 0.3 is 6.09 Å². The van der Waals surface area contributed by atoms with Gasteiger partial charge in [0, 0.05) is 6.04 Å². The van der Waals surface area contributed by atoms with Crippen LogP contribution in [0.4, 0.5) is 4.79 Å². The molecule has 0 aliphatic rings. The molecule has 0 spiro atoms. The van der Waals surface area contributed by atoms with Crippen molar-refractivity contribution >= 4 is 6.09 Å². The standard InChI is InChI=1S/C18H33NO2/c1-6-8-10-12-14-16(15-13-11-9-7-2)19-17(20)21-18(3,4)5/h6-7,16H,1-2,8-15H2,3-5H3,(H,19,20). The van der Waals surface area contributed by atoms with Crippen LogP contribution in [0.2, 0.25) is 0 Å². The number of carbonyl (C=O) groups is 1. The van der Waals surface area contributed by atoms with Crippen molar-refractivity contribution in [1.29, 1.82) is 0 Å². The number of hydrogen-bond donors (Lipinski definition) is 1. The molecule has 0 aliphatic carbocycles. The normalized spacial score (nSPS) is 11.2. The van der Waals surface area contributed by atoms with E-state index >= 15 is 0 Å². The van der Waals surface area contributed by atoms with Crippen molar-refractivity contribution in [3.05, 3.63) is 25.3 Å². The third-order valence-corrected chi connectivity index (χ3v) is 3.14. The lowest BCUT2D eigenvalue weighted by molar-refractivity contribution is 0.0498. The van der Waals surface area contributed by atoms with Crippen LogP contribution in [0.1, 0.15) is 72.1 Å². The monoisotopic (exact) mass is 295 g/mol. The number of allylic oxidation sites excluding steroid dienone is 2. The van der Waals surface area contributed by atoms with Gasteiger partial charge in [0.1, 0.15) is 5.60 Å². The number of unbranched alkanes of at least 4 members (excludes halogenated alkanes) is 4. The highest BCUT2D eigenvalue weighted by Crippen LogP contribution is 2.13. The van der Waals surface area contributed by atoms with Crippen molar-refractivity contribution < 1.29 is 9.53 Å². The quantitative estimate of drug-likeness (QED) is 0.411. The summed E-state index contributed by atoms with van der Waals surface area (Å²) in [5.41, 5.74) is -0.444. The van der Waals surface area contributed by atoms with E-state index in [1.165, 1.54) is 0 Å². The lowest BCUT2D eigenvalue weighted by Gasteiger charge is -2.23. The summed E-state index contributed by atoms with van der Waals surface area (Å²) in [6.07, 6.45) is 12.1. The molecule has 0 bridgehead atoms. The summed E-state index contributed by atoms with van der Waals surface area (Å²) in [7, 11) is 0. The molecule has 0 heterocycles. The van der Waals surface area contributed by atoms with E-state index in [0.29, 0.717) is 0 Å². The first-order chi connectivity index (χ1) is 9.89. The van der Waals surface area contributed by atoms with Crippen LogP contribution in [0.15, 0.2) is 25.3 Å². The Balaban J connectivity index is 4.17. The van der Waals surface area contributed by atoms with Crippen LogP contribution in [0, 0.1) is 0 Å². The van der Waals surface area contributed by atoms with Crippen LogP contribution >= 0.6 is 0 Å². The summed E-state index contributed by atoms with van der Waals surface area (Å²) in [4.78, 5) is 11.9. The Morgan fingerprint density at radius 3 is 1.90 bits per heavy atom. The maximum atomic E-state index is 11.9. The predicted octanol–water partition coefficient (Wildman–Crippen LogP) is 5.37. The summed E-state index contributed by atoms with van der Waals surface area (Å²) in [6, 6.07) is 0.203. The first-order valence-electron chi connectivity index (χ1n) is 8.10. The molecule has 0 aromatic rings. The average molecular weight is 295 g/mol. The van der Waals surface area contributed by atoms with Crippen molar-refractivity contribution in [2.45, 2.75) is 83.8 Å². The summed E-state index contributed by atoms with van der Waals surface area (Å²) in [6.45, 7) is 13.1. The van der Waals surface area contributed by atoms with Gasteiger partial charge in [-0.05, 0) is 59.3 Å². The smallest absolute Gasteiger partial charge is 0.407 e. The minimum atomic E-state index is -0.444. The van der Waals surface area contributed by atoms with Crippen LogP contribution in [-0.2, 0) is 4.74 Å². The third kappa shape index (κ3) is 13.5. The van der Waals surface area contributed by atoms with Crippen LogP contribution < -0.4 is 5.32 Å². The molecule has 0 radical (unpaired) electrons. The second-order valence-corrected chi connectivity index (χ2v) is 6.49. The van der Waals surface area contributed by atoms with Gasteiger partial charge in [-0.15, -0.1) is 13.2 Å². The van der Waals surface area contributed by atoms with Gasteiger partial charge in [0.15, 0.2) is 0 Å². The van der Waals surface area contributed by atoms with Gasteiger partial charge in [-0.25, -0.2) is 4.79 Å². The van der Waals surface area contributed by atoms with Crippen molar-refractivity contribution in [3.63, 3.8) is 0 Å². The van der Waals surface area contributed by atoms with Gasteiger partial charge in [0.2, 0.25) is 0 Å². The van der Waals surface area contributed by atoms with Gasteiger partial charge in [-0.1, -0.05) is 25.0 Å². The number of amides is 1. The lowest BCUT2D eigenvalue weighted by atomic mass is 10.0. The van der Waals surface area contributed by atoms with Crippen LogP contribution in [0.5, 0.6) is 0 Å². The Bertz CT molecular complexity index is 289.